The number of imide groups is 1. The van der Waals surface area contributed by atoms with Crippen molar-refractivity contribution in [1.82, 2.24) is 9.80 Å². The minimum atomic E-state index is -0.672. The van der Waals surface area contributed by atoms with Crippen LogP contribution in [-0.2, 0) is 9.53 Å². The number of hydrogen-bond donors (Lipinski definition) is 0. The monoisotopic (exact) mass is 466 g/mol. The zero-order chi connectivity index (χ0) is 22.9. The molecule has 1 aliphatic carbocycles. The second-order valence-corrected chi connectivity index (χ2v) is 9.85. The summed E-state index contributed by atoms with van der Waals surface area (Å²) in [4.78, 5) is 55.4. The average molecular weight is 467 g/mol. The summed E-state index contributed by atoms with van der Waals surface area (Å²) in [5.41, 5.74) is 0.738. The van der Waals surface area contributed by atoms with Crippen LogP contribution in [0.2, 0.25) is 0 Å². The molecule has 3 amide bonds. The van der Waals surface area contributed by atoms with E-state index in [2.05, 4.69) is 0 Å². The molecule has 7 nitrogen and oxygen atoms in total. The Morgan fingerprint density at radius 3 is 2.52 bits per heavy atom. The fourth-order valence-corrected chi connectivity index (χ4v) is 6.07. The number of esters is 1. The van der Waals surface area contributed by atoms with Crippen LogP contribution in [0.3, 0.4) is 0 Å². The number of amides is 3. The van der Waals surface area contributed by atoms with Crippen molar-refractivity contribution in [3.05, 3.63) is 57.3 Å². The van der Waals surface area contributed by atoms with Crippen molar-refractivity contribution in [2.24, 2.45) is 0 Å². The molecule has 3 heterocycles. The third-order valence-corrected chi connectivity index (χ3v) is 7.84. The molecule has 172 valence electrons. The van der Waals surface area contributed by atoms with Crippen molar-refractivity contribution in [3.8, 4) is 0 Å². The number of fused-ring (bicyclic) bond motifs is 1. The van der Waals surface area contributed by atoms with Crippen molar-refractivity contribution < 1.29 is 23.9 Å². The fourth-order valence-electron chi connectivity index (χ4n) is 5.19. The van der Waals surface area contributed by atoms with Crippen LogP contribution in [0.15, 0.2) is 35.7 Å². The molecule has 1 saturated carbocycles. The second kappa shape index (κ2) is 9.09. The molecule has 2 aromatic rings. The van der Waals surface area contributed by atoms with Crippen molar-refractivity contribution >= 4 is 35.0 Å². The standard InChI is InChI=1S/C25H26N2O5S/c28-22(26-12-4-8-20(26)21-9-5-13-33-21)15-32-25(31)16-10-11-18-19(14-16)24(30)27(23(18)29)17-6-2-1-3-7-17/h5,9-11,13-14,17,20H,1-4,6-8,12,15H2. The van der Waals surface area contributed by atoms with Gasteiger partial charge in [-0.3, -0.25) is 19.3 Å². The molecule has 8 heteroatoms. The lowest BCUT2D eigenvalue weighted by atomic mass is 9.94. The van der Waals surface area contributed by atoms with Gasteiger partial charge in [0.2, 0.25) is 0 Å². The van der Waals surface area contributed by atoms with Crippen molar-refractivity contribution in [2.75, 3.05) is 13.2 Å². The Kier molecular flexibility index (Phi) is 6.01. The number of hydrogen-bond acceptors (Lipinski definition) is 6. The Bertz CT molecular complexity index is 1090. The molecule has 1 aromatic heterocycles. The number of benzene rings is 1. The van der Waals surface area contributed by atoms with E-state index in [4.69, 9.17) is 4.74 Å². The summed E-state index contributed by atoms with van der Waals surface area (Å²) in [5.74, 6) is -1.53. The minimum absolute atomic E-state index is 0.0330. The van der Waals surface area contributed by atoms with Crippen LogP contribution in [-0.4, -0.2) is 52.7 Å². The van der Waals surface area contributed by atoms with Crippen LogP contribution >= 0.6 is 11.3 Å². The number of ether oxygens (including phenoxy) is 1. The van der Waals surface area contributed by atoms with Crippen LogP contribution in [0.25, 0.3) is 0 Å². The van der Waals surface area contributed by atoms with E-state index in [1.165, 1.54) is 23.1 Å². The zero-order valence-corrected chi connectivity index (χ0v) is 19.1. The Morgan fingerprint density at radius 1 is 0.970 bits per heavy atom. The normalized spacial score (nSPS) is 20.9. The smallest absolute Gasteiger partial charge is 0.338 e. The largest absolute Gasteiger partial charge is 0.452 e. The highest BCUT2D eigenvalue weighted by molar-refractivity contribution is 7.10. The quantitative estimate of drug-likeness (QED) is 0.487. The van der Waals surface area contributed by atoms with E-state index in [0.29, 0.717) is 12.1 Å². The summed E-state index contributed by atoms with van der Waals surface area (Å²) >= 11 is 1.62. The zero-order valence-electron chi connectivity index (χ0n) is 18.3. The number of nitrogens with zero attached hydrogens (tertiary/aromatic N) is 2. The maximum Gasteiger partial charge on any atom is 0.338 e. The van der Waals surface area contributed by atoms with Crippen LogP contribution in [0.5, 0.6) is 0 Å². The van der Waals surface area contributed by atoms with E-state index in [1.807, 2.05) is 17.5 Å². The van der Waals surface area contributed by atoms with E-state index < -0.39 is 5.97 Å². The Balaban J connectivity index is 1.24. The van der Waals surface area contributed by atoms with E-state index >= 15 is 0 Å². The average Bonchev–Trinajstić information content (AvgIpc) is 3.58. The second-order valence-electron chi connectivity index (χ2n) is 8.87. The van der Waals surface area contributed by atoms with Gasteiger partial charge in [-0.15, -0.1) is 11.3 Å². The van der Waals surface area contributed by atoms with Gasteiger partial charge < -0.3 is 9.64 Å². The van der Waals surface area contributed by atoms with Crippen LogP contribution in [0.1, 0.15) is 86.9 Å². The lowest BCUT2D eigenvalue weighted by Crippen LogP contribution is -2.40. The first-order chi connectivity index (χ1) is 16.0. The first kappa shape index (κ1) is 21.8. The fraction of sp³-hybridized carbons (Fsp3) is 0.440. The van der Waals surface area contributed by atoms with Gasteiger partial charge >= 0.3 is 5.97 Å². The summed E-state index contributed by atoms with van der Waals surface area (Å²) in [6.07, 6.45) is 6.61. The van der Waals surface area contributed by atoms with E-state index in [0.717, 1.165) is 49.8 Å². The molecule has 33 heavy (non-hydrogen) atoms. The predicted molar refractivity (Wildman–Crippen MR) is 122 cm³/mol. The number of thiophene rings is 1. The topological polar surface area (TPSA) is 84.0 Å². The van der Waals surface area contributed by atoms with Gasteiger partial charge in [0.05, 0.1) is 22.7 Å². The summed E-state index contributed by atoms with van der Waals surface area (Å²) < 4.78 is 5.30. The van der Waals surface area contributed by atoms with Gasteiger partial charge in [0.1, 0.15) is 0 Å². The van der Waals surface area contributed by atoms with Gasteiger partial charge in [-0.2, -0.15) is 0 Å². The number of carbonyl (C=O) groups excluding carboxylic acids is 4. The van der Waals surface area contributed by atoms with Gasteiger partial charge in [0.15, 0.2) is 6.61 Å². The molecular formula is C25H26N2O5S. The predicted octanol–water partition coefficient (Wildman–Crippen LogP) is 4.20. The molecule has 1 atom stereocenters. The summed E-state index contributed by atoms with van der Waals surface area (Å²) in [6, 6.07) is 8.38. The SMILES string of the molecule is O=C(OCC(=O)N1CCCC1c1cccs1)c1ccc2c(c1)C(=O)N(C1CCCCC1)C2=O. The number of carbonyl (C=O) groups is 4. The van der Waals surface area contributed by atoms with Crippen LogP contribution in [0, 0.1) is 0 Å². The molecule has 0 radical (unpaired) electrons. The van der Waals surface area contributed by atoms with Crippen molar-refractivity contribution in [2.45, 2.75) is 57.0 Å². The summed E-state index contributed by atoms with van der Waals surface area (Å²) in [6.45, 7) is 0.296. The third kappa shape index (κ3) is 4.08. The maximum absolute atomic E-state index is 13.0. The molecular weight excluding hydrogens is 440 g/mol. The first-order valence-corrected chi connectivity index (χ1v) is 12.4. The number of likely N-dealkylation sites (tertiary alicyclic amines) is 1. The number of rotatable bonds is 5. The van der Waals surface area contributed by atoms with Crippen molar-refractivity contribution in [1.29, 1.82) is 0 Å². The van der Waals surface area contributed by atoms with Gasteiger partial charge in [-0.25, -0.2) is 4.79 Å². The Hall–Kier alpha value is -3.00. The van der Waals surface area contributed by atoms with Crippen LogP contribution in [0.4, 0.5) is 0 Å². The maximum atomic E-state index is 13.0. The van der Waals surface area contributed by atoms with Gasteiger partial charge in [0.25, 0.3) is 17.7 Å². The summed E-state index contributed by atoms with van der Waals surface area (Å²) in [7, 11) is 0. The molecule has 3 aliphatic rings. The summed E-state index contributed by atoms with van der Waals surface area (Å²) in [5, 5.41) is 1.99. The highest BCUT2D eigenvalue weighted by Gasteiger charge is 2.40. The molecule has 0 bridgehead atoms. The van der Waals surface area contributed by atoms with E-state index in [9.17, 15) is 19.2 Å². The molecule has 1 aromatic carbocycles. The highest BCUT2D eigenvalue weighted by Crippen LogP contribution is 2.35. The van der Waals surface area contributed by atoms with E-state index in [-0.39, 0.29) is 47.5 Å². The molecule has 5 rings (SSSR count). The minimum Gasteiger partial charge on any atom is -0.452 e. The lowest BCUT2D eigenvalue weighted by Gasteiger charge is -2.29. The molecule has 0 N–H and O–H groups in total. The molecule has 1 saturated heterocycles. The first-order valence-electron chi connectivity index (χ1n) is 11.6. The lowest BCUT2D eigenvalue weighted by molar-refractivity contribution is -0.135. The third-order valence-electron chi connectivity index (χ3n) is 6.87. The molecule has 2 aliphatic heterocycles. The van der Waals surface area contributed by atoms with E-state index in [1.54, 1.807) is 16.2 Å². The molecule has 0 spiro atoms. The highest BCUT2D eigenvalue weighted by atomic mass is 32.1. The van der Waals surface area contributed by atoms with Gasteiger partial charge in [-0.1, -0.05) is 25.3 Å². The molecule has 1 unspecified atom stereocenters. The van der Waals surface area contributed by atoms with Crippen molar-refractivity contribution in [3.63, 3.8) is 0 Å². The Morgan fingerprint density at radius 2 is 1.76 bits per heavy atom. The van der Waals surface area contributed by atoms with Gasteiger partial charge in [0, 0.05) is 17.5 Å². The van der Waals surface area contributed by atoms with Crippen LogP contribution < -0.4 is 0 Å². The molecule has 2 fully saturated rings. The van der Waals surface area contributed by atoms with Gasteiger partial charge in [-0.05, 0) is 55.3 Å². The Labute approximate surface area is 196 Å².